The minimum atomic E-state index is 0.0163. The number of aryl methyl sites for hydroxylation is 2. The SMILES string of the molecule is Cc1ccc(-c2nc(C)sc2CC(=O)NC2CCCc3c2cnn3Cc2ccccc2)cc1. The molecule has 6 heteroatoms. The first-order valence-electron chi connectivity index (χ1n) is 11.5. The Bertz CT molecular complexity index is 1260. The van der Waals surface area contributed by atoms with Gasteiger partial charge in [0.1, 0.15) is 0 Å². The van der Waals surface area contributed by atoms with Crippen molar-refractivity contribution in [2.75, 3.05) is 0 Å². The molecule has 2 aromatic carbocycles. The van der Waals surface area contributed by atoms with Crippen molar-refractivity contribution in [2.24, 2.45) is 0 Å². The third-order valence-corrected chi connectivity index (χ3v) is 7.19. The number of rotatable bonds is 6. The van der Waals surface area contributed by atoms with E-state index in [4.69, 9.17) is 4.98 Å². The average Bonchev–Trinajstić information content (AvgIpc) is 3.39. The topological polar surface area (TPSA) is 59.8 Å². The van der Waals surface area contributed by atoms with Crippen LogP contribution in [-0.4, -0.2) is 20.7 Å². The molecule has 168 valence electrons. The Morgan fingerprint density at radius 2 is 1.91 bits per heavy atom. The fraction of sp³-hybridized carbons (Fsp3) is 0.296. The molecule has 1 N–H and O–H groups in total. The van der Waals surface area contributed by atoms with Crippen LogP contribution in [0, 0.1) is 13.8 Å². The summed E-state index contributed by atoms with van der Waals surface area (Å²) in [6.07, 6.45) is 5.28. The summed E-state index contributed by atoms with van der Waals surface area (Å²) in [6.45, 7) is 4.83. The van der Waals surface area contributed by atoms with Crippen LogP contribution < -0.4 is 5.32 Å². The highest BCUT2D eigenvalue weighted by atomic mass is 32.1. The van der Waals surface area contributed by atoms with Crippen molar-refractivity contribution in [1.82, 2.24) is 20.1 Å². The van der Waals surface area contributed by atoms with E-state index in [9.17, 15) is 4.79 Å². The van der Waals surface area contributed by atoms with E-state index in [2.05, 4.69) is 70.6 Å². The molecule has 1 atom stereocenters. The molecule has 2 heterocycles. The third kappa shape index (κ3) is 4.76. The predicted molar refractivity (Wildman–Crippen MR) is 132 cm³/mol. The van der Waals surface area contributed by atoms with E-state index >= 15 is 0 Å². The van der Waals surface area contributed by atoms with Crippen molar-refractivity contribution >= 4 is 17.2 Å². The predicted octanol–water partition coefficient (Wildman–Crippen LogP) is 5.41. The van der Waals surface area contributed by atoms with Crippen molar-refractivity contribution in [3.63, 3.8) is 0 Å². The van der Waals surface area contributed by atoms with E-state index < -0.39 is 0 Å². The molecule has 0 aliphatic heterocycles. The largest absolute Gasteiger partial charge is 0.349 e. The molecule has 2 aromatic heterocycles. The summed E-state index contributed by atoms with van der Waals surface area (Å²) in [5.74, 6) is 0.0423. The summed E-state index contributed by atoms with van der Waals surface area (Å²) < 4.78 is 2.09. The molecule has 33 heavy (non-hydrogen) atoms. The maximum atomic E-state index is 13.1. The smallest absolute Gasteiger partial charge is 0.225 e. The minimum Gasteiger partial charge on any atom is -0.349 e. The van der Waals surface area contributed by atoms with Crippen LogP contribution in [0.5, 0.6) is 0 Å². The number of benzene rings is 2. The van der Waals surface area contributed by atoms with E-state index in [-0.39, 0.29) is 11.9 Å². The van der Waals surface area contributed by atoms with Gasteiger partial charge in [0, 0.05) is 21.7 Å². The van der Waals surface area contributed by atoms with Crippen LogP contribution in [0.15, 0.2) is 60.8 Å². The van der Waals surface area contributed by atoms with Crippen molar-refractivity contribution in [3.05, 3.63) is 93.1 Å². The molecule has 4 aromatic rings. The first-order chi connectivity index (χ1) is 16.1. The Kier molecular flexibility index (Phi) is 6.09. The number of hydrogen-bond donors (Lipinski definition) is 1. The second kappa shape index (κ2) is 9.32. The standard InChI is InChI=1S/C27H28N4OS/c1-18-11-13-21(14-12-18)27-25(33-19(2)29-27)15-26(32)30-23-9-6-10-24-22(23)16-28-31(24)17-20-7-4-3-5-8-20/h3-5,7-8,11-14,16,23H,6,9-10,15,17H2,1-2H3,(H,30,32). The van der Waals surface area contributed by atoms with Crippen LogP contribution in [0.2, 0.25) is 0 Å². The van der Waals surface area contributed by atoms with Crippen LogP contribution >= 0.6 is 11.3 Å². The van der Waals surface area contributed by atoms with Crippen molar-refractivity contribution in [1.29, 1.82) is 0 Å². The summed E-state index contributed by atoms with van der Waals surface area (Å²) >= 11 is 1.61. The van der Waals surface area contributed by atoms with Gasteiger partial charge in [-0.3, -0.25) is 9.48 Å². The van der Waals surface area contributed by atoms with E-state index in [1.54, 1.807) is 11.3 Å². The van der Waals surface area contributed by atoms with Gasteiger partial charge in [-0.2, -0.15) is 5.10 Å². The lowest BCUT2D eigenvalue weighted by atomic mass is 9.92. The normalized spacial score (nSPS) is 15.3. The van der Waals surface area contributed by atoms with E-state index in [1.165, 1.54) is 16.8 Å². The van der Waals surface area contributed by atoms with Crippen molar-refractivity contribution in [2.45, 2.75) is 52.1 Å². The summed E-state index contributed by atoms with van der Waals surface area (Å²) in [5.41, 5.74) is 6.83. The first kappa shape index (κ1) is 21.6. The zero-order valence-corrected chi connectivity index (χ0v) is 19.9. The lowest BCUT2D eigenvalue weighted by Gasteiger charge is -2.24. The van der Waals surface area contributed by atoms with Gasteiger partial charge in [0.25, 0.3) is 0 Å². The zero-order valence-electron chi connectivity index (χ0n) is 19.0. The molecule has 1 aliphatic rings. The van der Waals surface area contributed by atoms with Crippen LogP contribution in [0.25, 0.3) is 11.3 Å². The second-order valence-electron chi connectivity index (χ2n) is 8.75. The van der Waals surface area contributed by atoms with Gasteiger partial charge >= 0.3 is 0 Å². The molecule has 0 fully saturated rings. The molecule has 1 aliphatic carbocycles. The highest BCUT2D eigenvalue weighted by molar-refractivity contribution is 7.12. The van der Waals surface area contributed by atoms with Gasteiger partial charge in [-0.05, 0) is 38.7 Å². The van der Waals surface area contributed by atoms with E-state index in [0.29, 0.717) is 6.42 Å². The molecule has 0 radical (unpaired) electrons. The second-order valence-corrected chi connectivity index (χ2v) is 10.0. The maximum Gasteiger partial charge on any atom is 0.225 e. The molecular weight excluding hydrogens is 428 g/mol. The minimum absolute atomic E-state index is 0.0163. The van der Waals surface area contributed by atoms with Gasteiger partial charge in [-0.15, -0.1) is 11.3 Å². The van der Waals surface area contributed by atoms with Crippen molar-refractivity contribution < 1.29 is 4.79 Å². The van der Waals surface area contributed by atoms with Crippen LogP contribution in [-0.2, 0) is 24.2 Å². The fourth-order valence-electron chi connectivity index (χ4n) is 4.58. The molecule has 1 amide bonds. The first-order valence-corrected chi connectivity index (χ1v) is 12.3. The fourth-order valence-corrected chi connectivity index (χ4v) is 5.54. The van der Waals surface area contributed by atoms with Gasteiger partial charge < -0.3 is 5.32 Å². The molecular formula is C27H28N4OS. The molecule has 1 unspecified atom stereocenters. The Labute approximate surface area is 198 Å². The van der Waals surface area contributed by atoms with Crippen LogP contribution in [0.1, 0.15) is 51.2 Å². The van der Waals surface area contributed by atoms with Crippen LogP contribution in [0.3, 0.4) is 0 Å². The Balaban J connectivity index is 1.31. The van der Waals surface area contributed by atoms with Crippen molar-refractivity contribution in [3.8, 4) is 11.3 Å². The summed E-state index contributed by atoms with van der Waals surface area (Å²) in [5, 5.41) is 8.92. The van der Waals surface area contributed by atoms with Crippen LogP contribution in [0.4, 0.5) is 0 Å². The number of thiazole rings is 1. The van der Waals surface area contributed by atoms with E-state index in [1.807, 2.05) is 19.2 Å². The number of hydrogen-bond acceptors (Lipinski definition) is 4. The number of carbonyl (C=O) groups is 1. The molecule has 0 bridgehead atoms. The molecule has 0 spiro atoms. The molecule has 0 saturated carbocycles. The summed E-state index contributed by atoms with van der Waals surface area (Å²) in [6, 6.07) is 18.7. The lowest BCUT2D eigenvalue weighted by molar-refractivity contribution is -0.121. The van der Waals surface area contributed by atoms with Gasteiger partial charge in [-0.1, -0.05) is 60.2 Å². The average molecular weight is 457 g/mol. The number of carbonyl (C=O) groups excluding carboxylic acids is 1. The summed E-state index contributed by atoms with van der Waals surface area (Å²) in [4.78, 5) is 18.8. The Morgan fingerprint density at radius 3 is 2.70 bits per heavy atom. The van der Waals surface area contributed by atoms with E-state index in [0.717, 1.165) is 52.5 Å². The Morgan fingerprint density at radius 1 is 1.12 bits per heavy atom. The monoisotopic (exact) mass is 456 g/mol. The molecule has 5 rings (SSSR count). The molecule has 0 saturated heterocycles. The number of aromatic nitrogens is 3. The van der Waals surface area contributed by atoms with Gasteiger partial charge in [0.05, 0.1) is 35.9 Å². The lowest BCUT2D eigenvalue weighted by Crippen LogP contribution is -2.32. The number of amides is 1. The van der Waals surface area contributed by atoms with Gasteiger partial charge in [0.2, 0.25) is 5.91 Å². The summed E-state index contributed by atoms with van der Waals surface area (Å²) in [7, 11) is 0. The number of nitrogens with zero attached hydrogens (tertiary/aromatic N) is 3. The quantitative estimate of drug-likeness (QED) is 0.422. The van der Waals surface area contributed by atoms with Gasteiger partial charge in [0.15, 0.2) is 0 Å². The third-order valence-electron chi connectivity index (χ3n) is 6.22. The zero-order chi connectivity index (χ0) is 22.8. The van der Waals surface area contributed by atoms with Gasteiger partial charge in [-0.25, -0.2) is 4.98 Å². The molecule has 5 nitrogen and oxygen atoms in total. The highest BCUT2D eigenvalue weighted by Crippen LogP contribution is 2.32. The number of fused-ring (bicyclic) bond motifs is 1. The number of nitrogens with one attached hydrogen (secondary N) is 1. The Hall–Kier alpha value is -3.25. The maximum absolute atomic E-state index is 13.1. The highest BCUT2D eigenvalue weighted by Gasteiger charge is 2.26.